The van der Waals surface area contributed by atoms with Crippen molar-refractivity contribution in [3.05, 3.63) is 30.0 Å². The van der Waals surface area contributed by atoms with Gasteiger partial charge in [0.15, 0.2) is 6.17 Å². The molecule has 0 aliphatic carbocycles. The van der Waals surface area contributed by atoms with Crippen LogP contribution in [-0.2, 0) is 4.79 Å². The number of nitrogens with one attached hydrogen (secondary N) is 1. The average molecular weight is 318 g/mol. The number of hydrogen-bond donors (Lipinski definition) is 1. The van der Waals surface area contributed by atoms with E-state index in [0.717, 1.165) is 22.2 Å². The number of carbonyl (C=O) groups excluding carboxylic acids is 1. The molecule has 6 heteroatoms. The molecule has 1 aliphatic rings. The number of ether oxygens (including phenoxy) is 2. The molecule has 2 heterocycles. The second-order valence-electron chi connectivity index (χ2n) is 5.84. The summed E-state index contributed by atoms with van der Waals surface area (Å²) in [7, 11) is 1.61. The molecule has 1 aromatic heterocycles. The Labute approximate surface area is 133 Å². The molecule has 0 spiro atoms. The molecule has 0 bridgehead atoms. The molecule has 1 amide bonds. The molecular weight excluding hydrogens is 299 g/mol. The number of pyridine rings is 1. The second-order valence-corrected chi connectivity index (χ2v) is 5.84. The maximum atomic E-state index is 13.6. The van der Waals surface area contributed by atoms with Crippen molar-refractivity contribution in [1.29, 1.82) is 0 Å². The van der Waals surface area contributed by atoms with Gasteiger partial charge in [0.25, 0.3) is 5.91 Å². The zero-order valence-electron chi connectivity index (χ0n) is 13.3. The zero-order valence-corrected chi connectivity index (χ0v) is 13.3. The van der Waals surface area contributed by atoms with E-state index in [2.05, 4.69) is 10.3 Å². The van der Waals surface area contributed by atoms with Gasteiger partial charge in [0.05, 0.1) is 18.7 Å². The van der Waals surface area contributed by atoms with E-state index < -0.39 is 18.0 Å². The Bertz CT molecular complexity index is 750. The van der Waals surface area contributed by atoms with Gasteiger partial charge in [-0.2, -0.15) is 0 Å². The van der Waals surface area contributed by atoms with E-state index in [0.29, 0.717) is 5.75 Å². The maximum Gasteiger partial charge on any atom is 0.255 e. The summed E-state index contributed by atoms with van der Waals surface area (Å²) in [4.78, 5) is 15.7. The van der Waals surface area contributed by atoms with Gasteiger partial charge in [-0.05, 0) is 30.7 Å². The number of alkyl halides is 1. The van der Waals surface area contributed by atoms with Gasteiger partial charge in [0, 0.05) is 17.5 Å². The molecule has 1 aromatic carbocycles. The quantitative estimate of drug-likeness (QED) is 0.940. The topological polar surface area (TPSA) is 60.5 Å². The Morgan fingerprint density at radius 1 is 1.35 bits per heavy atom. The van der Waals surface area contributed by atoms with Crippen LogP contribution >= 0.6 is 0 Å². The van der Waals surface area contributed by atoms with Gasteiger partial charge in [-0.15, -0.1) is 0 Å². The molecular formula is C17H19FN2O3. The first-order chi connectivity index (χ1) is 11.0. The highest BCUT2D eigenvalue weighted by atomic mass is 19.1. The molecule has 0 saturated carbocycles. The van der Waals surface area contributed by atoms with Crippen molar-refractivity contribution >= 4 is 16.8 Å². The van der Waals surface area contributed by atoms with Crippen molar-refractivity contribution in [3.8, 4) is 11.5 Å². The van der Waals surface area contributed by atoms with Crippen molar-refractivity contribution in [3.63, 3.8) is 0 Å². The van der Waals surface area contributed by atoms with E-state index in [1.165, 1.54) is 0 Å². The largest absolute Gasteiger partial charge is 0.496 e. The molecule has 1 aliphatic heterocycles. The number of fused-ring (bicyclic) bond motifs is 1. The Hall–Kier alpha value is -2.37. The summed E-state index contributed by atoms with van der Waals surface area (Å²) in [6.07, 6.45) is 0.193. The van der Waals surface area contributed by atoms with Crippen LogP contribution in [0.15, 0.2) is 24.4 Å². The summed E-state index contributed by atoms with van der Waals surface area (Å²) in [5.74, 6) is 0.411. The smallest absolute Gasteiger partial charge is 0.255 e. The van der Waals surface area contributed by atoms with Crippen LogP contribution in [0, 0.1) is 12.8 Å². The van der Waals surface area contributed by atoms with E-state index >= 15 is 0 Å². The van der Waals surface area contributed by atoms with Crippen LogP contribution in [0.5, 0.6) is 11.5 Å². The number of rotatable bonds is 4. The monoisotopic (exact) mass is 318 g/mol. The number of nitrogens with zero attached hydrogens (tertiary/aromatic N) is 1. The maximum absolute atomic E-state index is 13.6. The van der Waals surface area contributed by atoms with Crippen molar-refractivity contribution in [2.75, 3.05) is 13.7 Å². The fourth-order valence-electron chi connectivity index (χ4n) is 2.81. The summed E-state index contributed by atoms with van der Waals surface area (Å²) in [6, 6.07) is 5.22. The molecule has 3 atom stereocenters. The lowest BCUT2D eigenvalue weighted by atomic mass is 10.0. The first-order valence-electron chi connectivity index (χ1n) is 7.52. The third-order valence-corrected chi connectivity index (χ3v) is 4.31. The lowest BCUT2D eigenvalue weighted by Gasteiger charge is -2.17. The summed E-state index contributed by atoms with van der Waals surface area (Å²) >= 11 is 0. The highest BCUT2D eigenvalue weighted by molar-refractivity contribution is 5.87. The minimum absolute atomic E-state index is 0.211. The van der Waals surface area contributed by atoms with Gasteiger partial charge in [-0.3, -0.25) is 9.78 Å². The fourth-order valence-corrected chi connectivity index (χ4v) is 2.81. The predicted molar refractivity (Wildman–Crippen MR) is 84.5 cm³/mol. The number of aryl methyl sites for hydroxylation is 1. The zero-order chi connectivity index (χ0) is 16.6. The second kappa shape index (κ2) is 6.02. The van der Waals surface area contributed by atoms with Gasteiger partial charge in [0.2, 0.25) is 0 Å². The molecule has 2 unspecified atom stereocenters. The molecule has 5 nitrogen and oxygen atoms in total. The average Bonchev–Trinajstić information content (AvgIpc) is 2.79. The molecule has 0 radical (unpaired) electrons. The van der Waals surface area contributed by atoms with E-state index in [9.17, 15) is 9.18 Å². The standard InChI is InChI=1S/C17H19FN2O3/c1-9-6-12-11(7-15(9)22-3)14(4-5-19-12)23-8-13-10(2)16(18)17(21)20-13/h4-7,10,13,16H,8H2,1-3H3,(H,20,21)/t10?,13?,16-/m0/s1. The van der Waals surface area contributed by atoms with Crippen LogP contribution in [0.3, 0.4) is 0 Å². The van der Waals surface area contributed by atoms with Crippen molar-refractivity contribution < 1.29 is 18.7 Å². The van der Waals surface area contributed by atoms with Gasteiger partial charge < -0.3 is 14.8 Å². The molecule has 3 rings (SSSR count). The highest BCUT2D eigenvalue weighted by Crippen LogP contribution is 2.31. The summed E-state index contributed by atoms with van der Waals surface area (Å²) in [5.41, 5.74) is 1.79. The normalized spacial score (nSPS) is 23.8. The van der Waals surface area contributed by atoms with Crippen molar-refractivity contribution in [1.82, 2.24) is 10.3 Å². The number of amides is 1. The SMILES string of the molecule is COc1cc2c(OCC3NC(=O)[C@@H](F)C3C)ccnc2cc1C. The number of methoxy groups -OCH3 is 1. The van der Waals surface area contributed by atoms with Gasteiger partial charge in [-0.1, -0.05) is 6.92 Å². The summed E-state index contributed by atoms with van der Waals surface area (Å²) in [6.45, 7) is 3.86. The lowest BCUT2D eigenvalue weighted by Crippen LogP contribution is -2.34. The first-order valence-corrected chi connectivity index (χ1v) is 7.52. The van der Waals surface area contributed by atoms with Crippen LogP contribution in [-0.4, -0.2) is 36.8 Å². The highest BCUT2D eigenvalue weighted by Gasteiger charge is 2.39. The van der Waals surface area contributed by atoms with Crippen molar-refractivity contribution in [2.45, 2.75) is 26.1 Å². The Kier molecular flexibility index (Phi) is 4.07. The Morgan fingerprint density at radius 3 is 2.78 bits per heavy atom. The number of carbonyl (C=O) groups is 1. The van der Waals surface area contributed by atoms with E-state index in [1.54, 1.807) is 26.3 Å². The van der Waals surface area contributed by atoms with Crippen LogP contribution < -0.4 is 14.8 Å². The molecule has 1 fully saturated rings. The molecule has 1 N–H and O–H groups in total. The Morgan fingerprint density at radius 2 is 2.13 bits per heavy atom. The molecule has 23 heavy (non-hydrogen) atoms. The van der Waals surface area contributed by atoms with Crippen LogP contribution in [0.1, 0.15) is 12.5 Å². The number of halogens is 1. The number of aromatic nitrogens is 1. The fraction of sp³-hybridized carbons (Fsp3) is 0.412. The molecule has 122 valence electrons. The van der Waals surface area contributed by atoms with Gasteiger partial charge in [-0.25, -0.2) is 4.39 Å². The van der Waals surface area contributed by atoms with Gasteiger partial charge >= 0.3 is 0 Å². The van der Waals surface area contributed by atoms with Crippen molar-refractivity contribution in [2.24, 2.45) is 5.92 Å². The minimum Gasteiger partial charge on any atom is -0.496 e. The summed E-state index contributed by atoms with van der Waals surface area (Å²) < 4.78 is 24.8. The third kappa shape index (κ3) is 2.81. The predicted octanol–water partition coefficient (Wildman–Crippen LogP) is 2.40. The van der Waals surface area contributed by atoms with Gasteiger partial charge in [0.1, 0.15) is 18.1 Å². The van der Waals surface area contributed by atoms with E-state index in [4.69, 9.17) is 9.47 Å². The van der Waals surface area contributed by atoms with E-state index in [-0.39, 0.29) is 12.6 Å². The first kappa shape index (κ1) is 15.5. The molecule has 2 aromatic rings. The third-order valence-electron chi connectivity index (χ3n) is 4.31. The number of benzene rings is 1. The molecule has 1 saturated heterocycles. The Balaban J connectivity index is 1.84. The van der Waals surface area contributed by atoms with Crippen LogP contribution in [0.2, 0.25) is 0 Å². The van der Waals surface area contributed by atoms with Crippen LogP contribution in [0.25, 0.3) is 10.9 Å². The summed E-state index contributed by atoms with van der Waals surface area (Å²) in [5, 5.41) is 3.45. The number of hydrogen-bond acceptors (Lipinski definition) is 4. The lowest BCUT2D eigenvalue weighted by molar-refractivity contribution is -0.123. The van der Waals surface area contributed by atoms with Crippen LogP contribution in [0.4, 0.5) is 4.39 Å². The minimum atomic E-state index is -1.47. The van der Waals surface area contributed by atoms with E-state index in [1.807, 2.05) is 19.1 Å².